The van der Waals surface area contributed by atoms with Crippen molar-refractivity contribution in [2.24, 2.45) is 0 Å². The molecule has 1 saturated heterocycles. The summed E-state index contributed by atoms with van der Waals surface area (Å²) < 4.78 is 33.6. The number of likely N-dealkylation sites (tertiary alicyclic amines) is 1. The molecule has 0 aromatic heterocycles. The van der Waals surface area contributed by atoms with Crippen LogP contribution in [0.4, 0.5) is 8.78 Å². The molecule has 3 atom stereocenters. The van der Waals surface area contributed by atoms with Gasteiger partial charge in [0.15, 0.2) is 0 Å². The molecule has 0 aliphatic carbocycles. The maximum absolute atomic E-state index is 13.9. The quantitative estimate of drug-likeness (QED) is 0.447. The molecule has 2 N–H and O–H groups in total. The van der Waals surface area contributed by atoms with E-state index in [4.69, 9.17) is 21.4 Å². The summed E-state index contributed by atoms with van der Waals surface area (Å²) in [6.07, 6.45) is 3.60. The smallest absolute Gasteiger partial charge is 0.328 e. The number of rotatable bonds is 10. The lowest BCUT2D eigenvalue weighted by atomic mass is 10.0. The molecule has 184 valence electrons. The Morgan fingerprint density at radius 1 is 1.29 bits per heavy atom. The molecular formula is C26H30ClF2NO4. The van der Waals surface area contributed by atoms with E-state index in [2.05, 4.69) is 4.90 Å². The molecule has 1 heterocycles. The van der Waals surface area contributed by atoms with Gasteiger partial charge in [-0.1, -0.05) is 23.7 Å². The number of hydrogen-bond acceptors (Lipinski definition) is 4. The number of aliphatic hydroxyl groups excluding tert-OH is 1. The van der Waals surface area contributed by atoms with Crippen LogP contribution >= 0.6 is 11.6 Å². The van der Waals surface area contributed by atoms with Gasteiger partial charge in [0.05, 0.1) is 23.8 Å². The van der Waals surface area contributed by atoms with Crippen molar-refractivity contribution in [3.05, 3.63) is 75.3 Å². The number of carboxylic acid groups (broad SMARTS) is 1. The minimum absolute atomic E-state index is 0.0423. The van der Waals surface area contributed by atoms with Gasteiger partial charge in [0.25, 0.3) is 0 Å². The highest BCUT2D eigenvalue weighted by Gasteiger charge is 2.27. The summed E-state index contributed by atoms with van der Waals surface area (Å²) in [5.74, 6) is -2.02. The zero-order chi connectivity index (χ0) is 24.8. The fourth-order valence-corrected chi connectivity index (χ4v) is 4.48. The number of β-amino-alcohol motifs (C(OH)–C–C–N with tert-alkyl or cyclic N) is 1. The van der Waals surface area contributed by atoms with Gasteiger partial charge in [-0.05, 0) is 86.2 Å². The van der Waals surface area contributed by atoms with Crippen molar-refractivity contribution >= 4 is 23.6 Å². The molecule has 0 spiro atoms. The Labute approximate surface area is 203 Å². The summed E-state index contributed by atoms with van der Waals surface area (Å²) in [7, 11) is 0. The van der Waals surface area contributed by atoms with Crippen LogP contribution < -0.4 is 0 Å². The van der Waals surface area contributed by atoms with E-state index in [-0.39, 0.29) is 23.5 Å². The molecular weight excluding hydrogens is 464 g/mol. The highest BCUT2D eigenvalue weighted by atomic mass is 35.5. The Balaban J connectivity index is 1.59. The summed E-state index contributed by atoms with van der Waals surface area (Å²) in [4.78, 5) is 13.1. The van der Waals surface area contributed by atoms with Gasteiger partial charge in [0.1, 0.15) is 11.6 Å². The number of ether oxygens (including phenoxy) is 1. The minimum atomic E-state index is -1.15. The summed E-state index contributed by atoms with van der Waals surface area (Å²) >= 11 is 5.92. The fourth-order valence-electron chi connectivity index (χ4n) is 4.31. The van der Waals surface area contributed by atoms with Gasteiger partial charge in [-0.3, -0.25) is 4.90 Å². The third-order valence-electron chi connectivity index (χ3n) is 6.16. The van der Waals surface area contributed by atoms with Crippen LogP contribution in [0.3, 0.4) is 0 Å². The largest absolute Gasteiger partial charge is 0.478 e. The van der Waals surface area contributed by atoms with Crippen molar-refractivity contribution in [1.82, 2.24) is 4.90 Å². The maximum Gasteiger partial charge on any atom is 0.328 e. The first-order valence-electron chi connectivity index (χ1n) is 11.3. The summed E-state index contributed by atoms with van der Waals surface area (Å²) in [6.45, 7) is 4.79. The van der Waals surface area contributed by atoms with Gasteiger partial charge in [0, 0.05) is 18.7 Å². The number of benzene rings is 2. The lowest BCUT2D eigenvalue weighted by Gasteiger charge is -2.27. The lowest BCUT2D eigenvalue weighted by Crippen LogP contribution is -2.39. The molecule has 2 aromatic rings. The number of aliphatic carboxylic acids is 1. The minimum Gasteiger partial charge on any atom is -0.478 e. The Bertz CT molecular complexity index is 1050. The predicted molar refractivity (Wildman–Crippen MR) is 128 cm³/mol. The molecule has 34 heavy (non-hydrogen) atoms. The molecule has 0 unspecified atom stereocenters. The van der Waals surface area contributed by atoms with E-state index in [1.54, 1.807) is 26.0 Å². The van der Waals surface area contributed by atoms with E-state index in [0.29, 0.717) is 29.7 Å². The zero-order valence-electron chi connectivity index (χ0n) is 19.3. The number of carboxylic acids is 1. The molecule has 1 aliphatic rings. The molecule has 0 bridgehead atoms. The van der Waals surface area contributed by atoms with Crippen molar-refractivity contribution in [3.63, 3.8) is 0 Å². The van der Waals surface area contributed by atoms with E-state index in [1.807, 2.05) is 6.07 Å². The molecule has 0 radical (unpaired) electrons. The van der Waals surface area contributed by atoms with Crippen LogP contribution in [-0.4, -0.2) is 52.9 Å². The number of aliphatic hydroxyl groups is 1. The standard InChI is InChI=1S/C26H30ClF2NO4/c1-16-5-6-18(11-24(16)28)10-20-4-3-9-30(20)14-21(31)15-34-17(2)22-13-23(27)25(29)12-19(22)7-8-26(32)33/h5-8,11-13,17,20-21,31H,3-4,9-10,14-15H2,1-2H3,(H,32,33)/b8-7+/t17-,20+,21+/m1/s1. The lowest BCUT2D eigenvalue weighted by molar-refractivity contribution is -0.131. The Morgan fingerprint density at radius 3 is 2.76 bits per heavy atom. The zero-order valence-corrected chi connectivity index (χ0v) is 20.1. The van der Waals surface area contributed by atoms with Crippen LogP contribution in [0.2, 0.25) is 5.02 Å². The van der Waals surface area contributed by atoms with Crippen LogP contribution in [-0.2, 0) is 16.0 Å². The summed E-state index contributed by atoms with van der Waals surface area (Å²) in [5, 5.41) is 19.4. The Kier molecular flexibility index (Phi) is 9.19. The van der Waals surface area contributed by atoms with Crippen LogP contribution in [0.25, 0.3) is 6.08 Å². The number of halogens is 3. The molecule has 8 heteroatoms. The molecule has 5 nitrogen and oxygen atoms in total. The number of carbonyl (C=O) groups is 1. The average Bonchev–Trinajstić information content (AvgIpc) is 3.21. The van der Waals surface area contributed by atoms with Gasteiger partial charge in [-0.2, -0.15) is 0 Å². The van der Waals surface area contributed by atoms with Crippen LogP contribution in [0.1, 0.15) is 48.1 Å². The molecule has 1 fully saturated rings. The summed E-state index contributed by atoms with van der Waals surface area (Å²) in [6, 6.07) is 8.11. The maximum atomic E-state index is 13.9. The van der Waals surface area contributed by atoms with E-state index < -0.39 is 24.0 Å². The highest BCUT2D eigenvalue weighted by molar-refractivity contribution is 6.30. The fraction of sp³-hybridized carbons (Fsp3) is 0.423. The average molecular weight is 494 g/mol. The van der Waals surface area contributed by atoms with E-state index in [1.165, 1.54) is 12.1 Å². The highest BCUT2D eigenvalue weighted by Crippen LogP contribution is 2.29. The Hall–Kier alpha value is -2.32. The van der Waals surface area contributed by atoms with Crippen molar-refractivity contribution < 1.29 is 28.5 Å². The summed E-state index contributed by atoms with van der Waals surface area (Å²) in [5.41, 5.74) is 2.43. The van der Waals surface area contributed by atoms with Crippen molar-refractivity contribution in [2.75, 3.05) is 19.7 Å². The molecule has 3 rings (SSSR count). The van der Waals surface area contributed by atoms with Gasteiger partial charge >= 0.3 is 5.97 Å². The number of nitrogens with zero attached hydrogens (tertiary/aromatic N) is 1. The first-order valence-corrected chi connectivity index (χ1v) is 11.7. The van der Waals surface area contributed by atoms with E-state index >= 15 is 0 Å². The normalized spacial score (nSPS) is 18.5. The van der Waals surface area contributed by atoms with Gasteiger partial charge in [0.2, 0.25) is 0 Å². The monoisotopic (exact) mass is 493 g/mol. The predicted octanol–water partition coefficient (Wildman–Crippen LogP) is 5.17. The second-order valence-corrected chi connectivity index (χ2v) is 9.18. The SMILES string of the molecule is Cc1ccc(C[C@@H]2CCCN2C[C@H](O)CO[C@H](C)c2cc(Cl)c(F)cc2/C=C/C(=O)O)cc1F. The van der Waals surface area contributed by atoms with Gasteiger partial charge in [-0.15, -0.1) is 0 Å². The van der Waals surface area contributed by atoms with Crippen LogP contribution in [0, 0.1) is 18.6 Å². The van der Waals surface area contributed by atoms with E-state index in [0.717, 1.165) is 37.1 Å². The number of aryl methyl sites for hydroxylation is 1. The molecule has 0 saturated carbocycles. The molecule has 1 aliphatic heterocycles. The second kappa shape index (κ2) is 11.9. The topological polar surface area (TPSA) is 70.0 Å². The third-order valence-corrected chi connectivity index (χ3v) is 6.45. The van der Waals surface area contributed by atoms with Gasteiger partial charge in [-0.25, -0.2) is 13.6 Å². The molecule has 0 amide bonds. The first-order chi connectivity index (χ1) is 16.1. The van der Waals surface area contributed by atoms with Crippen molar-refractivity contribution in [3.8, 4) is 0 Å². The van der Waals surface area contributed by atoms with Gasteiger partial charge < -0.3 is 14.9 Å². The Morgan fingerprint density at radius 2 is 2.06 bits per heavy atom. The van der Waals surface area contributed by atoms with Crippen molar-refractivity contribution in [1.29, 1.82) is 0 Å². The third kappa shape index (κ3) is 7.09. The van der Waals surface area contributed by atoms with Crippen LogP contribution in [0.5, 0.6) is 0 Å². The molecule has 2 aromatic carbocycles. The van der Waals surface area contributed by atoms with Crippen LogP contribution in [0.15, 0.2) is 36.4 Å². The number of hydrogen-bond donors (Lipinski definition) is 2. The van der Waals surface area contributed by atoms with Crippen molar-refractivity contribution in [2.45, 2.75) is 51.4 Å². The second-order valence-electron chi connectivity index (χ2n) is 8.77. The van der Waals surface area contributed by atoms with E-state index in [9.17, 15) is 18.7 Å². The first kappa shape index (κ1) is 26.3.